The van der Waals surface area contributed by atoms with Crippen LogP contribution in [0.25, 0.3) is 11.0 Å². The Kier molecular flexibility index (Phi) is 2.44. The van der Waals surface area contributed by atoms with Gasteiger partial charge in [-0.3, -0.25) is 4.68 Å². The highest BCUT2D eigenvalue weighted by Crippen LogP contribution is 2.23. The second kappa shape index (κ2) is 3.96. The molecule has 90 valence electrons. The number of hydrogen-bond donors (Lipinski definition) is 0. The molecule has 1 saturated heterocycles. The van der Waals surface area contributed by atoms with Gasteiger partial charge >= 0.3 is 0 Å². The summed E-state index contributed by atoms with van der Waals surface area (Å²) in [6.07, 6.45) is 1.83. The van der Waals surface area contributed by atoms with Gasteiger partial charge in [-0.15, -0.1) is 0 Å². The van der Waals surface area contributed by atoms with Crippen LogP contribution in [-0.2, 0) is 11.8 Å². The molecule has 3 heterocycles. The summed E-state index contributed by atoms with van der Waals surface area (Å²) < 4.78 is 7.15. The monoisotopic (exact) mass is 233 g/mol. The molecule has 0 saturated carbocycles. The SMILES string of the molecule is Cc1nc(N2CCOCC2)c2cnn(C)c2n1. The number of morpholine rings is 1. The van der Waals surface area contributed by atoms with E-state index < -0.39 is 0 Å². The lowest BCUT2D eigenvalue weighted by atomic mass is 10.3. The number of aromatic nitrogens is 4. The van der Waals surface area contributed by atoms with E-state index in [0.717, 1.165) is 49.0 Å². The predicted octanol–water partition coefficient (Wildman–Crippen LogP) is 0.508. The van der Waals surface area contributed by atoms with Crippen molar-refractivity contribution in [3.05, 3.63) is 12.0 Å². The van der Waals surface area contributed by atoms with E-state index in [0.29, 0.717) is 0 Å². The van der Waals surface area contributed by atoms with E-state index >= 15 is 0 Å². The minimum absolute atomic E-state index is 0.755. The maximum atomic E-state index is 5.36. The lowest BCUT2D eigenvalue weighted by Gasteiger charge is -2.28. The number of hydrogen-bond acceptors (Lipinski definition) is 5. The van der Waals surface area contributed by atoms with Gasteiger partial charge in [-0.25, -0.2) is 9.97 Å². The van der Waals surface area contributed by atoms with Crippen LogP contribution in [0.4, 0.5) is 5.82 Å². The second-order valence-electron chi connectivity index (χ2n) is 4.20. The van der Waals surface area contributed by atoms with E-state index in [1.54, 1.807) is 4.68 Å². The van der Waals surface area contributed by atoms with Gasteiger partial charge in [0.1, 0.15) is 11.6 Å². The van der Waals surface area contributed by atoms with Crippen molar-refractivity contribution in [2.75, 3.05) is 31.2 Å². The highest BCUT2D eigenvalue weighted by Gasteiger charge is 2.18. The van der Waals surface area contributed by atoms with Crippen LogP contribution in [0.15, 0.2) is 6.20 Å². The summed E-state index contributed by atoms with van der Waals surface area (Å²) in [5.74, 6) is 1.76. The molecule has 2 aromatic rings. The third kappa shape index (κ3) is 1.74. The summed E-state index contributed by atoms with van der Waals surface area (Å²) in [4.78, 5) is 11.2. The molecular formula is C11H15N5O. The van der Waals surface area contributed by atoms with Crippen LogP contribution in [0.1, 0.15) is 5.82 Å². The Hall–Kier alpha value is -1.69. The molecule has 0 amide bonds. The average molecular weight is 233 g/mol. The molecule has 6 heteroatoms. The molecule has 1 fully saturated rings. The predicted molar refractivity (Wildman–Crippen MR) is 64.1 cm³/mol. The summed E-state index contributed by atoms with van der Waals surface area (Å²) in [7, 11) is 1.90. The lowest BCUT2D eigenvalue weighted by Crippen LogP contribution is -2.37. The van der Waals surface area contributed by atoms with Crippen LogP contribution < -0.4 is 4.90 Å². The van der Waals surface area contributed by atoms with Gasteiger partial charge in [-0.2, -0.15) is 5.10 Å². The van der Waals surface area contributed by atoms with Gasteiger partial charge in [0.05, 0.1) is 24.8 Å². The Morgan fingerprint density at radius 1 is 1.24 bits per heavy atom. The van der Waals surface area contributed by atoms with Crippen LogP contribution in [0.2, 0.25) is 0 Å². The van der Waals surface area contributed by atoms with Gasteiger partial charge in [0, 0.05) is 20.1 Å². The Bertz CT molecular complexity index is 544. The lowest BCUT2D eigenvalue weighted by molar-refractivity contribution is 0.122. The third-order valence-electron chi connectivity index (χ3n) is 2.99. The molecule has 1 aliphatic heterocycles. The Labute approximate surface area is 99.2 Å². The number of anilines is 1. The molecule has 0 spiro atoms. The molecule has 17 heavy (non-hydrogen) atoms. The molecular weight excluding hydrogens is 218 g/mol. The largest absolute Gasteiger partial charge is 0.378 e. The molecule has 3 rings (SSSR count). The summed E-state index contributed by atoms with van der Waals surface area (Å²) in [6, 6.07) is 0. The molecule has 0 unspecified atom stereocenters. The Morgan fingerprint density at radius 3 is 2.76 bits per heavy atom. The normalized spacial score (nSPS) is 16.7. The van der Waals surface area contributed by atoms with E-state index in [1.165, 1.54) is 0 Å². The van der Waals surface area contributed by atoms with Crippen molar-refractivity contribution in [2.45, 2.75) is 6.92 Å². The van der Waals surface area contributed by atoms with E-state index in [4.69, 9.17) is 4.74 Å². The number of nitrogens with zero attached hydrogens (tertiary/aromatic N) is 5. The molecule has 6 nitrogen and oxygen atoms in total. The number of rotatable bonds is 1. The molecule has 0 aliphatic carbocycles. The fraction of sp³-hybridized carbons (Fsp3) is 0.545. The minimum atomic E-state index is 0.755. The first-order valence-corrected chi connectivity index (χ1v) is 5.75. The molecule has 1 aliphatic rings. The van der Waals surface area contributed by atoms with Crippen LogP contribution >= 0.6 is 0 Å². The summed E-state index contributed by atoms with van der Waals surface area (Å²) >= 11 is 0. The smallest absolute Gasteiger partial charge is 0.163 e. The fourth-order valence-electron chi connectivity index (χ4n) is 2.13. The third-order valence-corrected chi connectivity index (χ3v) is 2.99. The first kappa shape index (κ1) is 10.5. The van der Waals surface area contributed by atoms with E-state index in [1.807, 2.05) is 20.2 Å². The second-order valence-corrected chi connectivity index (χ2v) is 4.20. The van der Waals surface area contributed by atoms with Gasteiger partial charge < -0.3 is 9.64 Å². The highest BCUT2D eigenvalue weighted by molar-refractivity contribution is 5.86. The molecule has 0 bridgehead atoms. The number of ether oxygens (including phenoxy) is 1. The van der Waals surface area contributed by atoms with Gasteiger partial charge in [0.25, 0.3) is 0 Å². The van der Waals surface area contributed by atoms with Crippen LogP contribution in [0, 0.1) is 6.92 Å². The van der Waals surface area contributed by atoms with Crippen molar-refractivity contribution in [2.24, 2.45) is 7.05 Å². The van der Waals surface area contributed by atoms with Gasteiger partial charge in [0.2, 0.25) is 0 Å². The van der Waals surface area contributed by atoms with Gasteiger partial charge in [-0.1, -0.05) is 0 Å². The number of fused-ring (bicyclic) bond motifs is 1. The Morgan fingerprint density at radius 2 is 2.00 bits per heavy atom. The van der Waals surface area contributed by atoms with Crippen molar-refractivity contribution in [1.82, 2.24) is 19.7 Å². The first-order chi connectivity index (χ1) is 8.25. The van der Waals surface area contributed by atoms with E-state index in [9.17, 15) is 0 Å². The van der Waals surface area contributed by atoms with Gasteiger partial charge in [0.15, 0.2) is 5.65 Å². The molecule has 0 radical (unpaired) electrons. The van der Waals surface area contributed by atoms with Gasteiger partial charge in [-0.05, 0) is 6.92 Å². The summed E-state index contributed by atoms with van der Waals surface area (Å²) in [6.45, 7) is 5.17. The van der Waals surface area contributed by atoms with Crippen LogP contribution in [-0.4, -0.2) is 46.1 Å². The summed E-state index contributed by atoms with van der Waals surface area (Å²) in [5, 5.41) is 5.26. The van der Waals surface area contributed by atoms with Crippen molar-refractivity contribution < 1.29 is 4.74 Å². The summed E-state index contributed by atoms with van der Waals surface area (Å²) in [5.41, 5.74) is 0.888. The zero-order valence-corrected chi connectivity index (χ0v) is 10.1. The van der Waals surface area contributed by atoms with Crippen LogP contribution in [0.3, 0.4) is 0 Å². The standard InChI is InChI=1S/C11H15N5O/c1-8-13-10-9(7-12-15(10)2)11(14-8)16-3-5-17-6-4-16/h7H,3-6H2,1-2H3. The first-order valence-electron chi connectivity index (χ1n) is 5.75. The molecule has 2 aromatic heterocycles. The minimum Gasteiger partial charge on any atom is -0.378 e. The molecule has 0 atom stereocenters. The molecule has 0 N–H and O–H groups in total. The molecule has 0 aromatic carbocycles. The maximum absolute atomic E-state index is 5.36. The van der Waals surface area contributed by atoms with Crippen molar-refractivity contribution in [3.8, 4) is 0 Å². The average Bonchev–Trinajstić information content (AvgIpc) is 2.72. The fourth-order valence-corrected chi connectivity index (χ4v) is 2.13. The van der Waals surface area contributed by atoms with E-state index in [2.05, 4.69) is 20.0 Å². The maximum Gasteiger partial charge on any atom is 0.163 e. The van der Waals surface area contributed by atoms with Crippen LogP contribution in [0.5, 0.6) is 0 Å². The van der Waals surface area contributed by atoms with Crippen molar-refractivity contribution >= 4 is 16.9 Å². The van der Waals surface area contributed by atoms with E-state index in [-0.39, 0.29) is 0 Å². The van der Waals surface area contributed by atoms with Crippen molar-refractivity contribution in [3.63, 3.8) is 0 Å². The Balaban J connectivity index is 2.13. The zero-order valence-electron chi connectivity index (χ0n) is 10.1. The van der Waals surface area contributed by atoms with Crippen molar-refractivity contribution in [1.29, 1.82) is 0 Å². The quantitative estimate of drug-likeness (QED) is 0.718. The zero-order chi connectivity index (χ0) is 11.8. The topological polar surface area (TPSA) is 56.1 Å². The number of aryl methyl sites for hydroxylation is 2. The highest BCUT2D eigenvalue weighted by atomic mass is 16.5.